The molecular formula is C21H28N2O4. The van der Waals surface area contributed by atoms with Gasteiger partial charge in [0.2, 0.25) is 5.78 Å². The Labute approximate surface area is 159 Å². The van der Waals surface area contributed by atoms with Crippen molar-refractivity contribution < 1.29 is 19.4 Å². The summed E-state index contributed by atoms with van der Waals surface area (Å²) in [7, 11) is 0. The fourth-order valence-corrected chi connectivity index (χ4v) is 4.43. The van der Waals surface area contributed by atoms with Crippen LogP contribution >= 0.6 is 0 Å². The Morgan fingerprint density at radius 2 is 2.07 bits per heavy atom. The Morgan fingerprint density at radius 3 is 2.89 bits per heavy atom. The van der Waals surface area contributed by atoms with E-state index in [1.165, 1.54) is 0 Å². The fraction of sp³-hybridized carbons (Fsp3) is 0.619. The maximum absolute atomic E-state index is 12.1. The van der Waals surface area contributed by atoms with Gasteiger partial charge >= 0.3 is 0 Å². The molecule has 27 heavy (non-hydrogen) atoms. The molecular weight excluding hydrogens is 344 g/mol. The Bertz CT molecular complexity index is 714. The molecule has 2 bridgehead atoms. The van der Waals surface area contributed by atoms with Crippen LogP contribution in [0, 0.1) is 0 Å². The lowest BCUT2D eigenvalue weighted by Gasteiger charge is -2.40. The van der Waals surface area contributed by atoms with Crippen LogP contribution < -0.4 is 10.6 Å². The highest BCUT2D eigenvalue weighted by molar-refractivity contribution is 6.36. The lowest BCUT2D eigenvalue weighted by molar-refractivity contribution is -0.138. The van der Waals surface area contributed by atoms with Crippen molar-refractivity contribution in [1.29, 1.82) is 0 Å². The maximum Gasteiger partial charge on any atom is 0.287 e. The number of carbonyl (C=O) groups is 2. The van der Waals surface area contributed by atoms with Gasteiger partial charge in [0.1, 0.15) is 0 Å². The minimum Gasteiger partial charge on any atom is -0.389 e. The monoisotopic (exact) mass is 372 g/mol. The molecule has 3 N–H and O–H groups in total. The number of rotatable bonds is 6. The highest BCUT2D eigenvalue weighted by Gasteiger charge is 2.36. The molecule has 3 aliphatic rings. The quantitative estimate of drug-likeness (QED) is 0.667. The van der Waals surface area contributed by atoms with Gasteiger partial charge in [0, 0.05) is 30.1 Å². The number of anilines is 1. The fourth-order valence-electron chi connectivity index (χ4n) is 4.43. The van der Waals surface area contributed by atoms with Gasteiger partial charge in [0.15, 0.2) is 0 Å². The van der Waals surface area contributed by atoms with Crippen LogP contribution in [-0.2, 0) is 20.7 Å². The van der Waals surface area contributed by atoms with Crippen molar-refractivity contribution in [3.05, 3.63) is 29.3 Å². The third-order valence-electron chi connectivity index (χ3n) is 6.02. The van der Waals surface area contributed by atoms with Crippen LogP contribution in [0.1, 0.15) is 62.2 Å². The van der Waals surface area contributed by atoms with Crippen molar-refractivity contribution in [2.24, 2.45) is 0 Å². The SMILES string of the molecule is O=C(CCCc1ccc2c(c1)[C@H]1C[C@@H](N2)[C@H](O)CO1)C(=O)NC1CCCC1. The number of ketones is 1. The number of amides is 1. The van der Waals surface area contributed by atoms with Crippen LogP contribution in [0.5, 0.6) is 0 Å². The Kier molecular flexibility index (Phi) is 5.45. The number of nitrogens with one attached hydrogen (secondary N) is 2. The summed E-state index contributed by atoms with van der Waals surface area (Å²) >= 11 is 0. The molecule has 1 saturated carbocycles. The van der Waals surface area contributed by atoms with E-state index in [9.17, 15) is 14.7 Å². The summed E-state index contributed by atoms with van der Waals surface area (Å²) in [6.45, 7) is 0.358. The summed E-state index contributed by atoms with van der Waals surface area (Å²) in [5.74, 6) is -0.731. The second-order valence-electron chi connectivity index (χ2n) is 8.03. The van der Waals surface area contributed by atoms with E-state index in [-0.39, 0.29) is 30.4 Å². The average molecular weight is 372 g/mol. The Hall–Kier alpha value is -1.92. The highest BCUT2D eigenvalue weighted by atomic mass is 16.5. The Morgan fingerprint density at radius 1 is 1.26 bits per heavy atom. The smallest absolute Gasteiger partial charge is 0.287 e. The van der Waals surface area contributed by atoms with Crippen LogP contribution in [0.25, 0.3) is 0 Å². The van der Waals surface area contributed by atoms with Gasteiger partial charge in [-0.15, -0.1) is 0 Å². The molecule has 0 radical (unpaired) electrons. The van der Waals surface area contributed by atoms with Crippen LogP contribution in [-0.4, -0.2) is 41.6 Å². The molecule has 6 heteroatoms. The van der Waals surface area contributed by atoms with Crippen LogP contribution in [0.3, 0.4) is 0 Å². The molecule has 0 spiro atoms. The lowest BCUT2D eigenvalue weighted by atomic mass is 9.88. The van der Waals surface area contributed by atoms with Crippen molar-refractivity contribution in [2.75, 3.05) is 11.9 Å². The molecule has 4 rings (SSSR count). The minimum atomic E-state index is -0.463. The van der Waals surface area contributed by atoms with Gasteiger partial charge in [-0.2, -0.15) is 0 Å². The number of benzene rings is 1. The number of aliphatic hydroxyl groups excluding tert-OH is 1. The molecule has 1 aliphatic carbocycles. The maximum atomic E-state index is 12.1. The first-order valence-electron chi connectivity index (χ1n) is 10.1. The van der Waals surface area contributed by atoms with Gasteiger partial charge in [-0.3, -0.25) is 9.59 Å². The molecule has 146 valence electrons. The van der Waals surface area contributed by atoms with E-state index >= 15 is 0 Å². The molecule has 2 fully saturated rings. The number of aryl methyl sites for hydroxylation is 1. The molecule has 0 aromatic heterocycles. The molecule has 1 saturated heterocycles. The first-order valence-corrected chi connectivity index (χ1v) is 10.1. The zero-order valence-corrected chi connectivity index (χ0v) is 15.6. The molecule has 2 aliphatic heterocycles. The second kappa shape index (κ2) is 7.98. The third kappa shape index (κ3) is 4.17. The highest BCUT2D eigenvalue weighted by Crippen LogP contribution is 2.39. The normalized spacial score (nSPS) is 26.9. The van der Waals surface area contributed by atoms with Gasteiger partial charge in [-0.25, -0.2) is 0 Å². The Balaban J connectivity index is 1.29. The predicted octanol–water partition coefficient (Wildman–Crippen LogP) is 2.25. The van der Waals surface area contributed by atoms with Crippen LogP contribution in [0.2, 0.25) is 0 Å². The summed E-state index contributed by atoms with van der Waals surface area (Å²) in [4.78, 5) is 24.0. The van der Waals surface area contributed by atoms with Crippen molar-refractivity contribution in [3.63, 3.8) is 0 Å². The van der Waals surface area contributed by atoms with E-state index in [4.69, 9.17) is 4.74 Å². The second-order valence-corrected chi connectivity index (χ2v) is 8.03. The molecule has 3 atom stereocenters. The van der Waals surface area contributed by atoms with E-state index in [2.05, 4.69) is 16.7 Å². The number of Topliss-reactive ketones (excluding diaryl/α,β-unsaturated/α-hetero) is 1. The molecule has 2 heterocycles. The molecule has 6 nitrogen and oxygen atoms in total. The van der Waals surface area contributed by atoms with E-state index in [0.717, 1.165) is 55.3 Å². The number of carbonyl (C=O) groups excluding carboxylic acids is 2. The first-order chi connectivity index (χ1) is 13.1. The van der Waals surface area contributed by atoms with E-state index in [1.54, 1.807) is 0 Å². The summed E-state index contributed by atoms with van der Waals surface area (Å²) in [6, 6.07) is 6.44. The van der Waals surface area contributed by atoms with Gasteiger partial charge in [0.25, 0.3) is 5.91 Å². The van der Waals surface area contributed by atoms with E-state index in [0.29, 0.717) is 13.0 Å². The minimum absolute atomic E-state index is 0.0217. The van der Waals surface area contributed by atoms with Crippen LogP contribution in [0.15, 0.2) is 18.2 Å². The predicted molar refractivity (Wildman–Crippen MR) is 102 cm³/mol. The largest absolute Gasteiger partial charge is 0.389 e. The lowest BCUT2D eigenvalue weighted by Crippen LogP contribution is -2.45. The number of fused-ring (bicyclic) bond motifs is 4. The standard InChI is InChI=1S/C21H28N2O4/c24-18(21(26)22-14-5-1-2-6-14)7-3-4-13-8-9-16-15(10-13)20-11-17(23-16)19(25)12-27-20/h8-10,14,17,19-20,23,25H,1-7,11-12H2,(H,22,26)/t17-,19-,20-/m1/s1. The van der Waals surface area contributed by atoms with Crippen molar-refractivity contribution in [2.45, 2.75) is 75.7 Å². The number of hydrogen-bond acceptors (Lipinski definition) is 5. The van der Waals surface area contributed by atoms with Crippen LogP contribution in [0.4, 0.5) is 5.69 Å². The van der Waals surface area contributed by atoms with Gasteiger partial charge < -0.3 is 20.5 Å². The summed E-state index contributed by atoms with van der Waals surface area (Å²) in [6.07, 6.45) is 6.29. The van der Waals surface area contributed by atoms with Crippen molar-refractivity contribution >= 4 is 17.4 Å². The molecule has 1 aromatic rings. The first kappa shape index (κ1) is 18.4. The topological polar surface area (TPSA) is 87.7 Å². The van der Waals surface area contributed by atoms with Gasteiger partial charge in [-0.1, -0.05) is 25.0 Å². The number of aliphatic hydroxyl groups is 1. The molecule has 1 aromatic carbocycles. The average Bonchev–Trinajstić information content (AvgIpc) is 3.18. The summed E-state index contributed by atoms with van der Waals surface area (Å²) < 4.78 is 5.78. The zero-order valence-electron chi connectivity index (χ0n) is 15.6. The molecule has 1 amide bonds. The molecule has 0 unspecified atom stereocenters. The van der Waals surface area contributed by atoms with Crippen molar-refractivity contribution in [1.82, 2.24) is 5.32 Å². The van der Waals surface area contributed by atoms with E-state index < -0.39 is 12.0 Å². The number of hydrogen-bond donors (Lipinski definition) is 3. The zero-order chi connectivity index (χ0) is 18.8. The summed E-state index contributed by atoms with van der Waals surface area (Å²) in [5, 5.41) is 16.2. The third-order valence-corrected chi connectivity index (χ3v) is 6.02. The number of ether oxygens (including phenoxy) is 1. The summed E-state index contributed by atoms with van der Waals surface area (Å²) in [5.41, 5.74) is 3.29. The van der Waals surface area contributed by atoms with Gasteiger partial charge in [0.05, 0.1) is 24.9 Å². The van der Waals surface area contributed by atoms with E-state index in [1.807, 2.05) is 12.1 Å². The van der Waals surface area contributed by atoms with Gasteiger partial charge in [-0.05, 0) is 37.3 Å². The van der Waals surface area contributed by atoms with Crippen molar-refractivity contribution in [3.8, 4) is 0 Å².